The third-order valence-corrected chi connectivity index (χ3v) is 15.5. The van der Waals surface area contributed by atoms with Crippen LogP contribution < -0.4 is 14.8 Å². The molecular weight excluding hydrogens is 723 g/mol. The highest BCUT2D eigenvalue weighted by atomic mass is 28.4. The Hall–Kier alpha value is -5.40. The van der Waals surface area contributed by atoms with Gasteiger partial charge in [0.15, 0.2) is 25.3 Å². The molecule has 290 valence electrons. The van der Waals surface area contributed by atoms with E-state index in [0.717, 1.165) is 28.2 Å². The van der Waals surface area contributed by atoms with Crippen molar-refractivity contribution in [3.63, 3.8) is 0 Å². The summed E-state index contributed by atoms with van der Waals surface area (Å²) in [6, 6.07) is 35.3. The summed E-state index contributed by atoms with van der Waals surface area (Å²) in [5.41, 5.74) is 3.20. The van der Waals surface area contributed by atoms with Crippen LogP contribution in [-0.4, -0.2) is 66.8 Å². The first kappa shape index (κ1) is 38.9. The van der Waals surface area contributed by atoms with Gasteiger partial charge < -0.3 is 28.7 Å². The Labute approximate surface area is 329 Å². The number of aromatic nitrogens is 4. The molecule has 6 aromatic rings. The first-order chi connectivity index (χ1) is 26.9. The van der Waals surface area contributed by atoms with Crippen molar-refractivity contribution in [3.05, 3.63) is 144 Å². The second kappa shape index (κ2) is 16.0. The quantitative estimate of drug-likeness (QED) is 0.0908. The summed E-state index contributed by atoms with van der Waals surface area (Å²) in [6.07, 6.45) is 2.11. The number of carbonyl (C=O) groups excluding carboxylic acids is 1. The molecule has 1 saturated heterocycles. The number of methoxy groups -OCH3 is 2. The molecule has 0 saturated carbocycles. The number of hydrogen-bond acceptors (Lipinski definition) is 9. The molecular formula is C44H49N5O6Si. The van der Waals surface area contributed by atoms with E-state index in [0.29, 0.717) is 35.6 Å². The molecule has 2 aromatic heterocycles. The number of carbonyl (C=O) groups is 1. The van der Waals surface area contributed by atoms with Gasteiger partial charge in [0.05, 0.1) is 33.3 Å². The molecule has 1 fully saturated rings. The molecule has 3 atom stereocenters. The van der Waals surface area contributed by atoms with Crippen molar-refractivity contribution >= 4 is 31.2 Å². The Morgan fingerprint density at radius 2 is 1.38 bits per heavy atom. The zero-order valence-electron chi connectivity index (χ0n) is 32.9. The van der Waals surface area contributed by atoms with E-state index in [1.54, 1.807) is 32.7 Å². The monoisotopic (exact) mass is 771 g/mol. The zero-order valence-corrected chi connectivity index (χ0v) is 33.9. The fraction of sp³-hybridized carbons (Fsp3) is 0.318. The molecule has 0 aliphatic carbocycles. The van der Waals surface area contributed by atoms with Crippen LogP contribution in [0.2, 0.25) is 18.1 Å². The number of nitrogens with one attached hydrogen (secondary N) is 1. The molecule has 0 spiro atoms. The van der Waals surface area contributed by atoms with Gasteiger partial charge >= 0.3 is 0 Å². The molecule has 7 rings (SSSR count). The first-order valence-electron chi connectivity index (χ1n) is 18.8. The average molecular weight is 772 g/mol. The van der Waals surface area contributed by atoms with E-state index in [9.17, 15) is 4.79 Å². The van der Waals surface area contributed by atoms with Gasteiger partial charge in [0, 0.05) is 12.0 Å². The summed E-state index contributed by atoms with van der Waals surface area (Å²) in [5.74, 6) is 1.50. The fourth-order valence-electron chi connectivity index (χ4n) is 6.83. The molecule has 1 N–H and O–H groups in total. The van der Waals surface area contributed by atoms with Crippen LogP contribution in [0.5, 0.6) is 11.5 Å². The number of benzene rings is 4. The lowest BCUT2D eigenvalue weighted by Gasteiger charge is -2.40. The minimum atomic E-state index is -2.20. The molecule has 56 heavy (non-hydrogen) atoms. The van der Waals surface area contributed by atoms with Gasteiger partial charge in [0.2, 0.25) is 0 Å². The Balaban J connectivity index is 1.31. The second-order valence-electron chi connectivity index (χ2n) is 15.5. The van der Waals surface area contributed by atoms with E-state index >= 15 is 0 Å². The molecule has 1 amide bonds. The second-order valence-corrected chi connectivity index (χ2v) is 20.3. The van der Waals surface area contributed by atoms with Gasteiger partial charge in [-0.1, -0.05) is 93.6 Å². The van der Waals surface area contributed by atoms with Crippen molar-refractivity contribution in [1.29, 1.82) is 0 Å². The van der Waals surface area contributed by atoms with Crippen LogP contribution in [0.3, 0.4) is 0 Å². The molecule has 0 radical (unpaired) electrons. The molecule has 1 aliphatic rings. The van der Waals surface area contributed by atoms with E-state index in [1.165, 1.54) is 6.33 Å². The van der Waals surface area contributed by atoms with Gasteiger partial charge in [0.25, 0.3) is 5.91 Å². The minimum absolute atomic E-state index is 0.0145. The average Bonchev–Trinajstić information content (AvgIpc) is 3.84. The number of ether oxygens (including phenoxy) is 4. The van der Waals surface area contributed by atoms with Crippen molar-refractivity contribution in [1.82, 2.24) is 19.5 Å². The number of imidazole rings is 1. The number of rotatable bonds is 13. The van der Waals surface area contributed by atoms with Gasteiger partial charge in [-0.2, -0.15) is 0 Å². The van der Waals surface area contributed by atoms with Crippen molar-refractivity contribution in [3.8, 4) is 11.5 Å². The fourth-order valence-corrected chi connectivity index (χ4v) is 7.85. The number of nitrogens with zero attached hydrogens (tertiary/aromatic N) is 4. The van der Waals surface area contributed by atoms with Crippen LogP contribution in [0.15, 0.2) is 122 Å². The maximum absolute atomic E-state index is 13.1. The highest BCUT2D eigenvalue weighted by Gasteiger charge is 2.48. The van der Waals surface area contributed by atoms with Gasteiger partial charge in [-0.05, 0) is 71.2 Å². The highest BCUT2D eigenvalue weighted by Crippen LogP contribution is 2.46. The minimum Gasteiger partial charge on any atom is -0.497 e. The van der Waals surface area contributed by atoms with Gasteiger partial charge in [-0.25, -0.2) is 15.0 Å². The predicted molar refractivity (Wildman–Crippen MR) is 219 cm³/mol. The zero-order chi connectivity index (χ0) is 39.5. The van der Waals surface area contributed by atoms with E-state index in [4.69, 9.17) is 23.4 Å². The van der Waals surface area contributed by atoms with Crippen molar-refractivity contribution in [2.24, 2.45) is 0 Å². The van der Waals surface area contributed by atoms with Crippen LogP contribution in [0.1, 0.15) is 60.5 Å². The largest absolute Gasteiger partial charge is 0.497 e. The summed E-state index contributed by atoms with van der Waals surface area (Å²) < 4.78 is 34.5. The van der Waals surface area contributed by atoms with Crippen LogP contribution >= 0.6 is 0 Å². The maximum atomic E-state index is 13.1. The lowest BCUT2D eigenvalue weighted by Crippen LogP contribution is -2.46. The highest BCUT2D eigenvalue weighted by molar-refractivity contribution is 6.74. The van der Waals surface area contributed by atoms with Crippen molar-refractivity contribution in [2.45, 2.75) is 69.4 Å². The standard InChI is InChI=1S/C44H49N5O6Si/c1-43(2,3)56(6,7)53-27-37-36(26-38(54-37)49-29-47-39-40(45-28-46-41(39)49)48-42(50)30-14-10-8-11-15-30)55-44(31-16-12-9-13-17-31,32-18-22-34(51-4)23-19-32)33-20-24-35(52-5)25-21-33/h8-25,28-29,36-38H,26-27H2,1-7H3,(H,45,46,48,50)/t36-,37+,38+/m0/s1. The number of hydrogen-bond donors (Lipinski definition) is 1. The van der Waals surface area contributed by atoms with Gasteiger partial charge in [-0.3, -0.25) is 9.36 Å². The van der Waals surface area contributed by atoms with E-state index in [2.05, 4.69) is 90.5 Å². The van der Waals surface area contributed by atoms with E-state index in [-0.39, 0.29) is 10.9 Å². The topological polar surface area (TPSA) is 119 Å². The lowest BCUT2D eigenvalue weighted by molar-refractivity contribution is -0.0971. The summed E-state index contributed by atoms with van der Waals surface area (Å²) >= 11 is 0. The number of fused-ring (bicyclic) bond motifs is 1. The van der Waals surface area contributed by atoms with Crippen LogP contribution in [0, 0.1) is 0 Å². The van der Waals surface area contributed by atoms with Crippen molar-refractivity contribution in [2.75, 3.05) is 26.1 Å². The first-order valence-corrected chi connectivity index (χ1v) is 21.7. The summed E-state index contributed by atoms with van der Waals surface area (Å²) in [4.78, 5) is 26.8. The van der Waals surface area contributed by atoms with Gasteiger partial charge in [0.1, 0.15) is 35.8 Å². The lowest BCUT2D eigenvalue weighted by atomic mass is 9.79. The van der Waals surface area contributed by atoms with Crippen LogP contribution in [-0.2, 0) is 19.5 Å². The maximum Gasteiger partial charge on any atom is 0.256 e. The number of amides is 1. The molecule has 11 nitrogen and oxygen atoms in total. The van der Waals surface area contributed by atoms with Crippen LogP contribution in [0.4, 0.5) is 5.82 Å². The normalized spacial score (nSPS) is 17.5. The summed E-state index contributed by atoms with van der Waals surface area (Å²) in [5, 5.41) is 2.90. The Bertz CT molecular complexity index is 2200. The van der Waals surface area contributed by atoms with E-state index < -0.39 is 32.4 Å². The van der Waals surface area contributed by atoms with Gasteiger partial charge in [-0.15, -0.1) is 0 Å². The smallest absolute Gasteiger partial charge is 0.256 e. The SMILES string of the molecule is COc1ccc(C(O[C@H]2C[C@H](n3cnc4c(NC(=O)c5ccccc5)ncnc43)O[C@@H]2CO[Si](C)(C)C(C)(C)C)(c2ccccc2)c2ccc(OC)cc2)cc1. The predicted octanol–water partition coefficient (Wildman–Crippen LogP) is 8.78. The Morgan fingerprint density at radius 3 is 1.95 bits per heavy atom. The van der Waals surface area contributed by atoms with Crippen LogP contribution in [0.25, 0.3) is 11.2 Å². The third-order valence-electron chi connectivity index (χ3n) is 11.0. The molecule has 3 heterocycles. The van der Waals surface area contributed by atoms with Crippen molar-refractivity contribution < 1.29 is 28.2 Å². The third kappa shape index (κ3) is 7.70. The number of anilines is 1. The molecule has 0 unspecified atom stereocenters. The Kier molecular flexibility index (Phi) is 11.1. The Morgan fingerprint density at radius 1 is 0.804 bits per heavy atom. The summed E-state index contributed by atoms with van der Waals surface area (Å²) in [7, 11) is 1.12. The molecule has 1 aliphatic heterocycles. The van der Waals surface area contributed by atoms with E-state index in [1.807, 2.05) is 65.2 Å². The summed E-state index contributed by atoms with van der Waals surface area (Å²) in [6.45, 7) is 11.5. The molecule has 4 aromatic carbocycles. The molecule has 0 bridgehead atoms. The molecule has 12 heteroatoms.